The van der Waals surface area contributed by atoms with E-state index in [2.05, 4.69) is 34.3 Å². The summed E-state index contributed by atoms with van der Waals surface area (Å²) in [6, 6.07) is 8.33. The van der Waals surface area contributed by atoms with Gasteiger partial charge in [-0.3, -0.25) is 9.69 Å². The van der Waals surface area contributed by atoms with Gasteiger partial charge in [-0.25, -0.2) is 9.97 Å². The first kappa shape index (κ1) is 19.0. The minimum atomic E-state index is 0.159. The number of nitrogens with zero attached hydrogens (tertiary/aromatic N) is 3. The molecule has 6 nitrogen and oxygen atoms in total. The Morgan fingerprint density at radius 3 is 2.71 bits per heavy atom. The fourth-order valence-electron chi connectivity index (χ4n) is 4.27. The summed E-state index contributed by atoms with van der Waals surface area (Å²) in [5, 5.41) is 3.35. The van der Waals surface area contributed by atoms with Crippen LogP contribution in [0.15, 0.2) is 24.3 Å². The molecule has 1 unspecified atom stereocenters. The van der Waals surface area contributed by atoms with Crippen LogP contribution in [0.25, 0.3) is 0 Å². The highest BCUT2D eigenvalue weighted by Crippen LogP contribution is 2.34. The zero-order chi connectivity index (χ0) is 19.5. The molecule has 2 aromatic rings. The zero-order valence-corrected chi connectivity index (χ0v) is 16.7. The lowest BCUT2D eigenvalue weighted by Crippen LogP contribution is -2.39. The molecule has 148 valence electrons. The number of ether oxygens (including phenoxy) is 1. The van der Waals surface area contributed by atoms with Crippen LogP contribution in [0.4, 0.5) is 5.95 Å². The molecule has 1 aromatic carbocycles. The van der Waals surface area contributed by atoms with E-state index in [9.17, 15) is 4.79 Å². The number of benzene rings is 1. The number of ketones is 1. The number of anilines is 1. The van der Waals surface area contributed by atoms with Gasteiger partial charge in [-0.15, -0.1) is 0 Å². The third-order valence-corrected chi connectivity index (χ3v) is 5.76. The summed E-state index contributed by atoms with van der Waals surface area (Å²) in [6.45, 7) is 9.30. The van der Waals surface area contributed by atoms with Crippen molar-refractivity contribution in [2.24, 2.45) is 0 Å². The van der Waals surface area contributed by atoms with Gasteiger partial charge in [-0.1, -0.05) is 24.3 Å². The van der Waals surface area contributed by atoms with Gasteiger partial charge in [0.25, 0.3) is 0 Å². The first-order chi connectivity index (χ1) is 13.6. The normalized spacial score (nSPS) is 20.1. The number of aryl methyl sites for hydroxylation is 2. The molecule has 1 N–H and O–H groups in total. The van der Waals surface area contributed by atoms with Crippen LogP contribution >= 0.6 is 0 Å². The topological polar surface area (TPSA) is 67.4 Å². The van der Waals surface area contributed by atoms with Crippen LogP contribution in [0.5, 0.6) is 0 Å². The van der Waals surface area contributed by atoms with Crippen LogP contribution in [-0.2, 0) is 11.2 Å². The van der Waals surface area contributed by atoms with Crippen molar-refractivity contribution >= 4 is 11.7 Å². The molecule has 1 aromatic heterocycles. The molecule has 1 aliphatic carbocycles. The molecule has 2 aliphatic rings. The summed E-state index contributed by atoms with van der Waals surface area (Å²) in [5.74, 6) is 0.978. The number of hydrogen-bond donors (Lipinski definition) is 1. The van der Waals surface area contributed by atoms with Crippen LogP contribution < -0.4 is 5.32 Å². The van der Waals surface area contributed by atoms with E-state index in [1.54, 1.807) is 0 Å². The summed E-state index contributed by atoms with van der Waals surface area (Å²) < 4.78 is 5.39. The molecule has 0 spiro atoms. The van der Waals surface area contributed by atoms with Gasteiger partial charge in [0.2, 0.25) is 5.95 Å². The van der Waals surface area contributed by atoms with E-state index in [1.807, 2.05) is 19.1 Å². The number of nitrogens with one attached hydrogen (secondary N) is 1. The number of aromatic nitrogens is 2. The summed E-state index contributed by atoms with van der Waals surface area (Å²) in [7, 11) is 0. The molecule has 6 heteroatoms. The second kappa shape index (κ2) is 8.37. The first-order valence-electron chi connectivity index (χ1n) is 10.1. The number of morpholine rings is 1. The molecule has 0 radical (unpaired) electrons. The Kier molecular flexibility index (Phi) is 5.69. The average molecular weight is 380 g/mol. The molecule has 1 atom stereocenters. The summed E-state index contributed by atoms with van der Waals surface area (Å²) in [4.78, 5) is 24.5. The van der Waals surface area contributed by atoms with Crippen LogP contribution in [0.2, 0.25) is 0 Å². The van der Waals surface area contributed by atoms with E-state index < -0.39 is 0 Å². The highest BCUT2D eigenvalue weighted by Gasteiger charge is 2.30. The Labute approximate surface area is 166 Å². The molecule has 0 saturated carbocycles. The van der Waals surface area contributed by atoms with Crippen LogP contribution in [-0.4, -0.2) is 60.0 Å². The number of Topliss-reactive ketones (excluding diaryl/α,β-unsaturated/α-hetero) is 1. The van der Waals surface area contributed by atoms with Crippen molar-refractivity contribution in [2.75, 3.05) is 44.7 Å². The summed E-state index contributed by atoms with van der Waals surface area (Å²) in [5.41, 5.74) is 4.87. The van der Waals surface area contributed by atoms with Gasteiger partial charge in [0.15, 0.2) is 5.78 Å². The van der Waals surface area contributed by atoms with Gasteiger partial charge in [-0.05, 0) is 37.3 Å². The fraction of sp³-hybridized carbons (Fsp3) is 0.500. The molecule has 0 amide bonds. The minimum absolute atomic E-state index is 0.159. The molecule has 28 heavy (non-hydrogen) atoms. The lowest BCUT2D eigenvalue weighted by molar-refractivity contribution is 0.0398. The molecule has 2 heterocycles. The number of carbonyl (C=O) groups excluding carboxylic acids is 1. The lowest BCUT2D eigenvalue weighted by atomic mass is 9.80. The van der Waals surface area contributed by atoms with E-state index in [1.165, 1.54) is 11.1 Å². The summed E-state index contributed by atoms with van der Waals surface area (Å²) >= 11 is 0. The van der Waals surface area contributed by atoms with Gasteiger partial charge in [0.05, 0.1) is 30.2 Å². The van der Waals surface area contributed by atoms with Crippen molar-refractivity contribution in [1.82, 2.24) is 14.9 Å². The fourth-order valence-corrected chi connectivity index (χ4v) is 4.27. The Bertz CT molecular complexity index is 862. The van der Waals surface area contributed by atoms with Gasteiger partial charge < -0.3 is 10.1 Å². The smallest absolute Gasteiger partial charge is 0.223 e. The Hall–Kier alpha value is -2.31. The predicted molar refractivity (Wildman–Crippen MR) is 109 cm³/mol. The SMILES string of the molecule is Cc1ccccc1C1CC(=O)c2c(C)nc(NCCN3CCOCC3)nc2C1. The Morgan fingerprint density at radius 1 is 1.14 bits per heavy atom. The second-order valence-corrected chi connectivity index (χ2v) is 7.72. The van der Waals surface area contributed by atoms with Gasteiger partial charge in [0, 0.05) is 32.6 Å². The molecule has 1 aliphatic heterocycles. The molecule has 1 saturated heterocycles. The number of hydrogen-bond acceptors (Lipinski definition) is 6. The van der Waals surface area contributed by atoms with Crippen LogP contribution in [0, 0.1) is 13.8 Å². The Morgan fingerprint density at radius 2 is 1.93 bits per heavy atom. The third-order valence-electron chi connectivity index (χ3n) is 5.76. The van der Waals surface area contributed by atoms with Crippen molar-refractivity contribution < 1.29 is 9.53 Å². The highest BCUT2D eigenvalue weighted by molar-refractivity contribution is 5.99. The van der Waals surface area contributed by atoms with Crippen LogP contribution in [0.1, 0.15) is 45.2 Å². The van der Waals surface area contributed by atoms with E-state index in [0.717, 1.165) is 62.8 Å². The average Bonchev–Trinajstić information content (AvgIpc) is 2.68. The van der Waals surface area contributed by atoms with E-state index >= 15 is 0 Å². The zero-order valence-electron chi connectivity index (χ0n) is 16.7. The van der Waals surface area contributed by atoms with Crippen molar-refractivity contribution in [3.05, 3.63) is 52.3 Å². The maximum Gasteiger partial charge on any atom is 0.223 e. The van der Waals surface area contributed by atoms with E-state index in [4.69, 9.17) is 9.72 Å². The quantitative estimate of drug-likeness (QED) is 0.860. The monoisotopic (exact) mass is 380 g/mol. The molecular formula is C22H28N4O2. The number of fused-ring (bicyclic) bond motifs is 1. The maximum absolute atomic E-state index is 12.8. The van der Waals surface area contributed by atoms with Gasteiger partial charge in [0.1, 0.15) is 0 Å². The second-order valence-electron chi connectivity index (χ2n) is 7.72. The highest BCUT2D eigenvalue weighted by atomic mass is 16.5. The summed E-state index contributed by atoms with van der Waals surface area (Å²) in [6.07, 6.45) is 1.32. The van der Waals surface area contributed by atoms with Crippen molar-refractivity contribution in [3.8, 4) is 0 Å². The molecular weight excluding hydrogens is 352 g/mol. The van der Waals surface area contributed by atoms with Crippen LogP contribution in [0.3, 0.4) is 0 Å². The van der Waals surface area contributed by atoms with Gasteiger partial charge >= 0.3 is 0 Å². The standard InChI is InChI=1S/C22H28N4O2/c1-15-5-3-4-6-18(15)17-13-19-21(20(27)14-17)16(2)24-22(25-19)23-7-8-26-9-11-28-12-10-26/h3-6,17H,7-14H2,1-2H3,(H,23,24,25). The Balaban J connectivity index is 1.49. The molecule has 0 bridgehead atoms. The number of rotatable bonds is 5. The maximum atomic E-state index is 12.8. The predicted octanol–water partition coefficient (Wildman–Crippen LogP) is 2.75. The van der Waals surface area contributed by atoms with Gasteiger partial charge in [-0.2, -0.15) is 0 Å². The molecule has 1 fully saturated rings. The molecule has 4 rings (SSSR count). The largest absolute Gasteiger partial charge is 0.379 e. The van der Waals surface area contributed by atoms with Crippen molar-refractivity contribution in [3.63, 3.8) is 0 Å². The third kappa shape index (κ3) is 4.08. The minimum Gasteiger partial charge on any atom is -0.379 e. The first-order valence-corrected chi connectivity index (χ1v) is 10.1. The number of carbonyl (C=O) groups is 1. The lowest BCUT2D eigenvalue weighted by Gasteiger charge is -2.27. The van der Waals surface area contributed by atoms with E-state index in [-0.39, 0.29) is 11.7 Å². The van der Waals surface area contributed by atoms with E-state index in [0.29, 0.717) is 12.4 Å². The van der Waals surface area contributed by atoms with Crippen molar-refractivity contribution in [2.45, 2.75) is 32.6 Å². The van der Waals surface area contributed by atoms with Crippen molar-refractivity contribution in [1.29, 1.82) is 0 Å².